The minimum atomic E-state index is -0.471. The predicted octanol–water partition coefficient (Wildman–Crippen LogP) is 1.30. The molecular formula is C10H8ClN3O2S. The molecule has 2 aromatic rings. The van der Waals surface area contributed by atoms with Gasteiger partial charge in [0.2, 0.25) is 0 Å². The van der Waals surface area contributed by atoms with Crippen LogP contribution in [0.5, 0.6) is 0 Å². The van der Waals surface area contributed by atoms with Crippen molar-refractivity contribution in [3.05, 3.63) is 29.3 Å². The Kier molecular flexibility index (Phi) is 3.55. The van der Waals surface area contributed by atoms with E-state index in [1.54, 1.807) is 0 Å². The van der Waals surface area contributed by atoms with Crippen molar-refractivity contribution in [1.29, 1.82) is 0 Å². The Morgan fingerprint density at radius 2 is 2.06 bits per heavy atom. The number of carbonyl (C=O) groups excluding carboxylic acids is 2. The highest BCUT2D eigenvalue weighted by atomic mass is 35.5. The number of fused-ring (bicyclic) bond motifs is 1. The number of nitrogens with one attached hydrogen (secondary N) is 2. The molecule has 2 amide bonds. The van der Waals surface area contributed by atoms with Crippen LogP contribution in [0, 0.1) is 0 Å². The number of halogens is 1. The Hall–Kier alpha value is -1.66. The molecule has 5 nitrogen and oxygen atoms in total. The van der Waals surface area contributed by atoms with Gasteiger partial charge in [0.1, 0.15) is 5.88 Å². The highest BCUT2D eigenvalue weighted by Gasteiger charge is 2.12. The van der Waals surface area contributed by atoms with Crippen molar-refractivity contribution >= 4 is 45.0 Å². The predicted molar refractivity (Wildman–Crippen MR) is 65.9 cm³/mol. The molecule has 0 unspecified atom stereocenters. The number of aromatic nitrogens is 1. The minimum absolute atomic E-state index is 0.208. The van der Waals surface area contributed by atoms with Crippen molar-refractivity contribution in [3.63, 3.8) is 0 Å². The number of rotatable bonds is 2. The van der Waals surface area contributed by atoms with Crippen molar-refractivity contribution in [2.45, 2.75) is 0 Å². The summed E-state index contributed by atoms with van der Waals surface area (Å²) in [4.78, 5) is 26.6. The lowest BCUT2D eigenvalue weighted by Gasteiger charge is -2.02. The first-order valence-corrected chi connectivity index (χ1v) is 6.06. The third-order valence-electron chi connectivity index (χ3n) is 1.92. The van der Waals surface area contributed by atoms with Crippen LogP contribution in [-0.2, 0) is 4.79 Å². The molecule has 0 aliphatic carbocycles. The lowest BCUT2D eigenvalue weighted by molar-refractivity contribution is -0.119. The van der Waals surface area contributed by atoms with Crippen LogP contribution >= 0.6 is 22.9 Å². The van der Waals surface area contributed by atoms with Gasteiger partial charge in [0.05, 0.1) is 10.2 Å². The van der Waals surface area contributed by atoms with Gasteiger partial charge >= 0.3 is 0 Å². The maximum atomic E-state index is 11.6. The number of nitrogens with zero attached hydrogens (tertiary/aromatic N) is 1. The third-order valence-corrected chi connectivity index (χ3v) is 3.20. The molecule has 17 heavy (non-hydrogen) atoms. The third kappa shape index (κ3) is 2.72. The van der Waals surface area contributed by atoms with Gasteiger partial charge in [-0.3, -0.25) is 20.4 Å². The molecule has 1 aromatic carbocycles. The van der Waals surface area contributed by atoms with E-state index >= 15 is 0 Å². The van der Waals surface area contributed by atoms with Crippen molar-refractivity contribution in [2.75, 3.05) is 5.88 Å². The summed E-state index contributed by atoms with van der Waals surface area (Å²) in [6, 6.07) is 7.41. The zero-order chi connectivity index (χ0) is 12.3. The number of hydrazine groups is 1. The molecule has 7 heteroatoms. The summed E-state index contributed by atoms with van der Waals surface area (Å²) in [5.74, 6) is -1.13. The average molecular weight is 270 g/mol. The minimum Gasteiger partial charge on any atom is -0.272 e. The maximum absolute atomic E-state index is 11.6. The molecule has 0 saturated heterocycles. The number of carbonyl (C=O) groups is 2. The normalized spacial score (nSPS) is 10.2. The molecule has 0 bridgehead atoms. The van der Waals surface area contributed by atoms with E-state index in [-0.39, 0.29) is 5.88 Å². The van der Waals surface area contributed by atoms with Crippen LogP contribution in [-0.4, -0.2) is 22.7 Å². The van der Waals surface area contributed by atoms with E-state index in [4.69, 9.17) is 11.6 Å². The lowest BCUT2D eigenvalue weighted by atomic mass is 10.3. The summed E-state index contributed by atoms with van der Waals surface area (Å²) in [5, 5.41) is 0.293. The second-order valence-corrected chi connectivity index (χ2v) is 4.42. The number of para-hydroxylation sites is 1. The molecule has 0 radical (unpaired) electrons. The van der Waals surface area contributed by atoms with Crippen LogP contribution in [0.4, 0.5) is 0 Å². The van der Waals surface area contributed by atoms with Gasteiger partial charge < -0.3 is 0 Å². The van der Waals surface area contributed by atoms with Gasteiger partial charge in [-0.15, -0.1) is 22.9 Å². The average Bonchev–Trinajstić information content (AvgIpc) is 2.79. The van der Waals surface area contributed by atoms with Crippen LogP contribution in [0.2, 0.25) is 0 Å². The second kappa shape index (κ2) is 5.11. The molecule has 2 N–H and O–H groups in total. The molecular weight excluding hydrogens is 262 g/mol. The molecule has 0 saturated carbocycles. The van der Waals surface area contributed by atoms with E-state index in [2.05, 4.69) is 15.8 Å². The molecule has 88 valence electrons. The van der Waals surface area contributed by atoms with Gasteiger partial charge in [0.25, 0.3) is 11.8 Å². The van der Waals surface area contributed by atoms with Crippen LogP contribution in [0.25, 0.3) is 10.2 Å². The summed E-state index contributed by atoms with van der Waals surface area (Å²) in [6.45, 7) is 0. The maximum Gasteiger partial charge on any atom is 0.298 e. The zero-order valence-electron chi connectivity index (χ0n) is 8.57. The SMILES string of the molecule is O=C(CCl)NNC(=O)c1nc2ccccc2s1. The van der Waals surface area contributed by atoms with E-state index in [9.17, 15) is 9.59 Å². The first kappa shape index (κ1) is 11.8. The summed E-state index contributed by atoms with van der Waals surface area (Å²) in [5.41, 5.74) is 5.16. The number of alkyl halides is 1. The van der Waals surface area contributed by atoms with E-state index in [0.29, 0.717) is 5.01 Å². The lowest BCUT2D eigenvalue weighted by Crippen LogP contribution is -2.42. The van der Waals surface area contributed by atoms with Crippen LogP contribution < -0.4 is 10.9 Å². The molecule has 0 spiro atoms. The van der Waals surface area contributed by atoms with E-state index in [1.165, 1.54) is 11.3 Å². The smallest absolute Gasteiger partial charge is 0.272 e. The van der Waals surface area contributed by atoms with Gasteiger partial charge in [0.15, 0.2) is 5.01 Å². The number of amides is 2. The number of benzene rings is 1. The quantitative estimate of drug-likeness (QED) is 0.638. The molecule has 0 fully saturated rings. The molecule has 0 aliphatic heterocycles. The van der Waals surface area contributed by atoms with Crippen molar-refractivity contribution < 1.29 is 9.59 Å². The molecule has 0 aliphatic rings. The summed E-state index contributed by atoms with van der Waals surface area (Å²) in [6.07, 6.45) is 0. The van der Waals surface area contributed by atoms with Gasteiger partial charge in [-0.05, 0) is 12.1 Å². The van der Waals surface area contributed by atoms with Crippen LogP contribution in [0.3, 0.4) is 0 Å². The van der Waals surface area contributed by atoms with Crippen LogP contribution in [0.1, 0.15) is 9.80 Å². The first-order valence-electron chi connectivity index (χ1n) is 4.71. The Morgan fingerprint density at radius 1 is 1.29 bits per heavy atom. The van der Waals surface area contributed by atoms with Crippen molar-refractivity contribution in [3.8, 4) is 0 Å². The van der Waals surface area contributed by atoms with Gasteiger partial charge in [-0.25, -0.2) is 4.98 Å². The number of hydrogen-bond acceptors (Lipinski definition) is 4. The van der Waals surface area contributed by atoms with Crippen molar-refractivity contribution in [1.82, 2.24) is 15.8 Å². The molecule has 2 rings (SSSR count). The second-order valence-electron chi connectivity index (χ2n) is 3.12. The summed E-state index contributed by atoms with van der Waals surface area (Å²) >= 11 is 6.53. The molecule has 1 heterocycles. The van der Waals surface area contributed by atoms with Gasteiger partial charge in [0, 0.05) is 0 Å². The highest BCUT2D eigenvalue weighted by Crippen LogP contribution is 2.20. The Bertz CT molecular complexity index is 536. The summed E-state index contributed by atoms with van der Waals surface area (Å²) in [7, 11) is 0. The van der Waals surface area contributed by atoms with E-state index in [0.717, 1.165) is 10.2 Å². The fraction of sp³-hybridized carbons (Fsp3) is 0.100. The largest absolute Gasteiger partial charge is 0.298 e. The topological polar surface area (TPSA) is 71.1 Å². The van der Waals surface area contributed by atoms with E-state index in [1.807, 2.05) is 24.3 Å². The number of hydrogen-bond donors (Lipinski definition) is 2. The summed E-state index contributed by atoms with van der Waals surface area (Å²) < 4.78 is 0.918. The standard InChI is InChI=1S/C10H8ClN3O2S/c11-5-8(15)13-14-9(16)10-12-6-3-1-2-4-7(6)17-10/h1-4H,5H2,(H,13,15)(H,14,16). The fourth-order valence-corrected chi connectivity index (χ4v) is 2.11. The highest BCUT2D eigenvalue weighted by molar-refractivity contribution is 7.20. The van der Waals surface area contributed by atoms with E-state index < -0.39 is 11.8 Å². The zero-order valence-corrected chi connectivity index (χ0v) is 10.1. The molecule has 0 atom stereocenters. The monoisotopic (exact) mass is 269 g/mol. The van der Waals surface area contributed by atoms with Gasteiger partial charge in [-0.2, -0.15) is 0 Å². The number of thiazole rings is 1. The Labute approximate surface area is 106 Å². The van der Waals surface area contributed by atoms with Crippen molar-refractivity contribution in [2.24, 2.45) is 0 Å². The Balaban J connectivity index is 2.11. The van der Waals surface area contributed by atoms with Gasteiger partial charge in [-0.1, -0.05) is 12.1 Å². The fourth-order valence-electron chi connectivity index (χ4n) is 1.18. The first-order chi connectivity index (χ1) is 8.20. The molecule has 1 aromatic heterocycles. The van der Waals surface area contributed by atoms with Crippen LogP contribution in [0.15, 0.2) is 24.3 Å². The Morgan fingerprint density at radius 3 is 2.76 bits per heavy atom.